The van der Waals surface area contributed by atoms with Crippen LogP contribution in [0.2, 0.25) is 0 Å². The van der Waals surface area contributed by atoms with Crippen LogP contribution in [0, 0.1) is 25.2 Å². The first-order valence-electron chi connectivity index (χ1n) is 11.8. The number of allylic oxidation sites excluding steroid dienone is 9. The van der Waals surface area contributed by atoms with Gasteiger partial charge in [0.05, 0.1) is 0 Å². The lowest BCUT2D eigenvalue weighted by Crippen LogP contribution is -2.18. The van der Waals surface area contributed by atoms with Crippen LogP contribution < -0.4 is 0 Å². The molecular formula is C32H28. The van der Waals surface area contributed by atoms with Crippen LogP contribution in [-0.4, -0.2) is 0 Å². The Hall–Kier alpha value is -3.30. The first-order chi connectivity index (χ1) is 15.6. The van der Waals surface area contributed by atoms with Crippen LogP contribution >= 0.6 is 0 Å². The lowest BCUT2D eigenvalue weighted by atomic mass is 9.75. The summed E-state index contributed by atoms with van der Waals surface area (Å²) in [4.78, 5) is 0. The van der Waals surface area contributed by atoms with Crippen molar-refractivity contribution in [3.63, 3.8) is 0 Å². The molecule has 2 atom stereocenters. The van der Waals surface area contributed by atoms with Gasteiger partial charge < -0.3 is 0 Å². The largest absolute Gasteiger partial charge is 0.115 e. The predicted molar refractivity (Wildman–Crippen MR) is 135 cm³/mol. The Labute approximate surface area is 191 Å². The van der Waals surface area contributed by atoms with Gasteiger partial charge in [-0.2, -0.15) is 0 Å². The number of fused-ring (bicyclic) bond motifs is 2. The number of rotatable bonds is 3. The molecule has 2 unspecified atom stereocenters. The molecule has 0 saturated heterocycles. The zero-order valence-electron chi connectivity index (χ0n) is 18.9. The zero-order chi connectivity index (χ0) is 21.9. The minimum absolute atomic E-state index is 0.144. The Morgan fingerprint density at radius 1 is 1.06 bits per heavy atom. The third-order valence-electron chi connectivity index (χ3n) is 7.91. The summed E-state index contributed by atoms with van der Waals surface area (Å²) in [7, 11) is 0. The van der Waals surface area contributed by atoms with Gasteiger partial charge in [-0.1, -0.05) is 73.6 Å². The molecule has 0 aromatic heterocycles. The molecule has 0 N–H and O–H groups in total. The highest BCUT2D eigenvalue weighted by Crippen LogP contribution is 2.60. The molecular weight excluding hydrogens is 384 g/mol. The summed E-state index contributed by atoms with van der Waals surface area (Å²) in [5, 5.41) is 0. The second kappa shape index (κ2) is 7.11. The van der Waals surface area contributed by atoms with Gasteiger partial charge in [0.1, 0.15) is 0 Å². The Kier molecular flexibility index (Phi) is 4.31. The van der Waals surface area contributed by atoms with E-state index in [4.69, 9.17) is 6.42 Å². The normalized spacial score (nSPS) is 24.1. The SMILES string of the molecule is C#Cc1cccc(C2(C3=CC=C4C(c5cc6c(cc5C)C(C)CC=C6)=CC=CC43)CC2)c1. The molecule has 0 amide bonds. The summed E-state index contributed by atoms with van der Waals surface area (Å²) in [6.45, 7) is 4.60. The standard InChI is InChI=1S/C32H28/c1-4-23-9-6-11-25(19-23)32(16-17-32)31-15-14-27-26(12-7-13-28(27)31)30-20-24-10-5-8-21(2)29(24)18-22(30)3/h1,5-7,9-15,18-21,28H,8,16-17H2,2-3H3. The van der Waals surface area contributed by atoms with Crippen molar-refractivity contribution in [3.8, 4) is 12.3 Å². The van der Waals surface area contributed by atoms with Gasteiger partial charge in [-0.25, -0.2) is 0 Å². The van der Waals surface area contributed by atoms with Crippen LogP contribution in [-0.2, 0) is 5.41 Å². The number of terminal acetylenes is 1. The van der Waals surface area contributed by atoms with Crippen molar-refractivity contribution >= 4 is 11.6 Å². The molecule has 0 aliphatic heterocycles. The first-order valence-corrected chi connectivity index (χ1v) is 11.8. The summed E-state index contributed by atoms with van der Waals surface area (Å²) in [5.74, 6) is 3.77. The van der Waals surface area contributed by atoms with Crippen molar-refractivity contribution in [1.82, 2.24) is 0 Å². The maximum atomic E-state index is 5.70. The first kappa shape index (κ1) is 19.4. The van der Waals surface area contributed by atoms with Crippen molar-refractivity contribution in [2.24, 2.45) is 5.92 Å². The van der Waals surface area contributed by atoms with Crippen molar-refractivity contribution in [3.05, 3.63) is 117 Å². The number of hydrogen-bond donors (Lipinski definition) is 0. The summed E-state index contributed by atoms with van der Waals surface area (Å²) in [6.07, 6.45) is 25.6. The van der Waals surface area contributed by atoms with E-state index < -0.39 is 0 Å². The maximum absolute atomic E-state index is 5.70. The Balaban J connectivity index is 1.36. The van der Waals surface area contributed by atoms with Gasteiger partial charge in [0.25, 0.3) is 0 Å². The van der Waals surface area contributed by atoms with Gasteiger partial charge in [-0.3, -0.25) is 0 Å². The Morgan fingerprint density at radius 3 is 2.75 bits per heavy atom. The molecule has 156 valence electrons. The zero-order valence-corrected chi connectivity index (χ0v) is 18.9. The van der Waals surface area contributed by atoms with Crippen LogP contribution in [0.5, 0.6) is 0 Å². The van der Waals surface area contributed by atoms with Crippen molar-refractivity contribution < 1.29 is 0 Å². The van der Waals surface area contributed by atoms with Crippen LogP contribution in [0.25, 0.3) is 11.6 Å². The molecule has 4 aliphatic carbocycles. The molecule has 1 fully saturated rings. The molecule has 0 spiro atoms. The van der Waals surface area contributed by atoms with Crippen molar-refractivity contribution in [2.75, 3.05) is 0 Å². The molecule has 32 heavy (non-hydrogen) atoms. The van der Waals surface area contributed by atoms with E-state index in [1.807, 2.05) is 6.07 Å². The van der Waals surface area contributed by atoms with E-state index in [2.05, 4.69) is 92.6 Å². The summed E-state index contributed by atoms with van der Waals surface area (Å²) >= 11 is 0. The van der Waals surface area contributed by atoms with Crippen LogP contribution in [0.3, 0.4) is 0 Å². The second-order valence-corrected chi connectivity index (χ2v) is 9.83. The highest BCUT2D eigenvalue weighted by atomic mass is 14.5. The Morgan fingerprint density at radius 2 is 1.94 bits per heavy atom. The van der Waals surface area contributed by atoms with Crippen LogP contribution in [0.15, 0.2) is 84.0 Å². The third-order valence-corrected chi connectivity index (χ3v) is 7.91. The van der Waals surface area contributed by atoms with Crippen molar-refractivity contribution in [2.45, 2.75) is 44.4 Å². The topological polar surface area (TPSA) is 0 Å². The molecule has 1 saturated carbocycles. The van der Waals surface area contributed by atoms with E-state index in [9.17, 15) is 0 Å². The Bertz CT molecular complexity index is 1320. The van der Waals surface area contributed by atoms with E-state index in [1.54, 1.807) is 0 Å². The smallest absolute Gasteiger partial charge is 0.0249 e. The fourth-order valence-electron chi connectivity index (χ4n) is 5.99. The van der Waals surface area contributed by atoms with Gasteiger partial charge >= 0.3 is 0 Å². The lowest BCUT2D eigenvalue weighted by molar-refractivity contribution is 0.730. The molecule has 0 radical (unpaired) electrons. The highest BCUT2D eigenvalue weighted by Gasteiger charge is 2.51. The van der Waals surface area contributed by atoms with Crippen molar-refractivity contribution in [1.29, 1.82) is 0 Å². The summed E-state index contributed by atoms with van der Waals surface area (Å²) in [6, 6.07) is 13.5. The van der Waals surface area contributed by atoms with E-state index >= 15 is 0 Å². The predicted octanol–water partition coefficient (Wildman–Crippen LogP) is 7.66. The number of aryl methyl sites for hydroxylation is 1. The summed E-state index contributed by atoms with van der Waals surface area (Å²) in [5.41, 5.74) is 12.5. The van der Waals surface area contributed by atoms with Gasteiger partial charge in [-0.15, -0.1) is 6.42 Å². The quantitative estimate of drug-likeness (QED) is 0.454. The van der Waals surface area contributed by atoms with Crippen LogP contribution in [0.4, 0.5) is 0 Å². The molecule has 2 aromatic rings. The van der Waals surface area contributed by atoms with Gasteiger partial charge in [0.2, 0.25) is 0 Å². The van der Waals surface area contributed by atoms with Gasteiger partial charge in [-0.05, 0) is 94.8 Å². The number of hydrogen-bond acceptors (Lipinski definition) is 0. The maximum Gasteiger partial charge on any atom is 0.0249 e. The molecule has 0 bridgehead atoms. The minimum atomic E-state index is 0.144. The average Bonchev–Trinajstić information content (AvgIpc) is 3.51. The average molecular weight is 413 g/mol. The molecule has 0 nitrogen and oxygen atoms in total. The van der Waals surface area contributed by atoms with E-state index in [0.717, 1.165) is 12.0 Å². The van der Waals surface area contributed by atoms with E-state index in [0.29, 0.717) is 11.8 Å². The summed E-state index contributed by atoms with van der Waals surface area (Å²) < 4.78 is 0. The highest BCUT2D eigenvalue weighted by molar-refractivity contribution is 5.87. The lowest BCUT2D eigenvalue weighted by Gasteiger charge is -2.29. The van der Waals surface area contributed by atoms with E-state index in [-0.39, 0.29) is 5.41 Å². The van der Waals surface area contributed by atoms with E-state index in [1.165, 1.54) is 57.4 Å². The molecule has 6 rings (SSSR count). The second-order valence-electron chi connectivity index (χ2n) is 9.83. The monoisotopic (exact) mass is 412 g/mol. The van der Waals surface area contributed by atoms with Crippen LogP contribution in [0.1, 0.15) is 65.5 Å². The fraction of sp³-hybridized carbons (Fsp3) is 0.250. The number of benzene rings is 2. The minimum Gasteiger partial charge on any atom is -0.115 e. The van der Waals surface area contributed by atoms with Gasteiger partial charge in [0.15, 0.2) is 0 Å². The molecule has 4 aliphatic rings. The fourth-order valence-corrected chi connectivity index (χ4v) is 5.99. The third kappa shape index (κ3) is 2.85. The van der Waals surface area contributed by atoms with Gasteiger partial charge in [0, 0.05) is 16.9 Å². The molecule has 0 heterocycles. The molecule has 0 heteroatoms. The molecule has 2 aromatic carbocycles.